The summed E-state index contributed by atoms with van der Waals surface area (Å²) in [7, 11) is 0. The Kier molecular flexibility index (Phi) is 3.94. The van der Waals surface area contributed by atoms with E-state index in [1.54, 1.807) is 0 Å². The predicted octanol–water partition coefficient (Wildman–Crippen LogP) is 5.06. The Balaban J connectivity index is 1.78. The minimum atomic E-state index is 0.340. The van der Waals surface area contributed by atoms with Crippen LogP contribution in [0.4, 0.5) is 0 Å². The number of benzene rings is 2. The van der Waals surface area contributed by atoms with Gasteiger partial charge in [-0.2, -0.15) is 0 Å². The molecule has 0 saturated carbocycles. The second-order valence-corrected chi connectivity index (χ2v) is 6.79. The molecule has 0 radical (unpaired) electrons. The number of fused-ring (bicyclic) bond motifs is 1. The van der Waals surface area contributed by atoms with Gasteiger partial charge in [-0.1, -0.05) is 56.1 Å². The zero-order valence-electron chi connectivity index (χ0n) is 10.4. The van der Waals surface area contributed by atoms with Crippen LogP contribution in [0.1, 0.15) is 21.5 Å². The van der Waals surface area contributed by atoms with Crippen molar-refractivity contribution in [1.29, 1.82) is 0 Å². The number of rotatable bonds is 3. The van der Waals surface area contributed by atoms with Crippen molar-refractivity contribution in [3.8, 4) is 5.75 Å². The largest absolute Gasteiger partial charge is 0.493 e. The quantitative estimate of drug-likeness (QED) is 0.675. The van der Waals surface area contributed by atoms with Crippen LogP contribution >= 0.6 is 31.9 Å². The van der Waals surface area contributed by atoms with Gasteiger partial charge in [0.2, 0.25) is 0 Å². The van der Waals surface area contributed by atoms with E-state index in [1.807, 2.05) is 0 Å². The van der Waals surface area contributed by atoms with Gasteiger partial charge in [0.15, 0.2) is 0 Å². The second-order valence-electron chi connectivity index (χ2n) is 4.77. The molecule has 0 amide bonds. The monoisotopic (exact) mass is 380 g/mol. The van der Waals surface area contributed by atoms with Gasteiger partial charge in [-0.05, 0) is 41.3 Å². The third kappa shape index (κ3) is 3.03. The summed E-state index contributed by atoms with van der Waals surface area (Å²) >= 11 is 7.32. The van der Waals surface area contributed by atoms with Crippen LogP contribution in [0.5, 0.6) is 5.75 Å². The number of hydrogen-bond donors (Lipinski definition) is 0. The van der Waals surface area contributed by atoms with Gasteiger partial charge in [0.1, 0.15) is 5.75 Å². The molecule has 0 bridgehead atoms. The highest BCUT2D eigenvalue weighted by atomic mass is 79.9. The van der Waals surface area contributed by atoms with Crippen LogP contribution < -0.4 is 4.74 Å². The zero-order chi connectivity index (χ0) is 13.2. The maximum atomic E-state index is 5.55. The highest BCUT2D eigenvalue weighted by Crippen LogP contribution is 2.33. The molecule has 3 heteroatoms. The normalized spacial score (nSPS) is 14.8. The van der Waals surface area contributed by atoms with Crippen molar-refractivity contribution in [2.45, 2.75) is 17.7 Å². The highest BCUT2D eigenvalue weighted by molar-refractivity contribution is 9.10. The molecule has 0 spiro atoms. The van der Waals surface area contributed by atoms with E-state index in [4.69, 9.17) is 4.74 Å². The fourth-order valence-electron chi connectivity index (χ4n) is 2.39. The molecule has 0 aliphatic carbocycles. The minimum absolute atomic E-state index is 0.340. The van der Waals surface area contributed by atoms with Gasteiger partial charge in [0.05, 0.1) is 6.61 Å². The molecule has 1 aliphatic heterocycles. The molecule has 1 atom stereocenters. The summed E-state index contributed by atoms with van der Waals surface area (Å²) in [5.74, 6) is 1.05. The van der Waals surface area contributed by atoms with Crippen molar-refractivity contribution in [2.24, 2.45) is 0 Å². The van der Waals surface area contributed by atoms with Crippen LogP contribution in [0.25, 0.3) is 0 Å². The van der Waals surface area contributed by atoms with Gasteiger partial charge in [0, 0.05) is 15.7 Å². The molecule has 0 aromatic heterocycles. The summed E-state index contributed by atoms with van der Waals surface area (Å²) < 4.78 is 6.68. The van der Waals surface area contributed by atoms with Crippen LogP contribution in [-0.4, -0.2) is 6.61 Å². The summed E-state index contributed by atoms with van der Waals surface area (Å²) in [6, 6.07) is 15.0. The van der Waals surface area contributed by atoms with Crippen LogP contribution in [0, 0.1) is 0 Å². The van der Waals surface area contributed by atoms with Crippen molar-refractivity contribution >= 4 is 31.9 Å². The SMILES string of the molecule is Brc1cccc(CC(Br)c2ccc3c(c2)CCO3)c1. The number of halogens is 2. The summed E-state index contributed by atoms with van der Waals surface area (Å²) in [5, 5.41) is 0. The molecule has 1 nitrogen and oxygen atoms in total. The van der Waals surface area contributed by atoms with Gasteiger partial charge in [-0.25, -0.2) is 0 Å². The lowest BCUT2D eigenvalue weighted by Gasteiger charge is -2.12. The van der Waals surface area contributed by atoms with Crippen LogP contribution in [-0.2, 0) is 12.8 Å². The van der Waals surface area contributed by atoms with E-state index in [1.165, 1.54) is 16.7 Å². The molecule has 2 aromatic rings. The first-order valence-electron chi connectivity index (χ1n) is 6.36. The van der Waals surface area contributed by atoms with Gasteiger partial charge in [-0.3, -0.25) is 0 Å². The average Bonchev–Trinajstić information content (AvgIpc) is 2.85. The molecule has 0 fully saturated rings. The summed E-state index contributed by atoms with van der Waals surface area (Å²) in [5.41, 5.74) is 3.98. The Morgan fingerprint density at radius 2 is 2.05 bits per heavy atom. The summed E-state index contributed by atoms with van der Waals surface area (Å²) in [6.45, 7) is 0.817. The van der Waals surface area contributed by atoms with Crippen LogP contribution in [0.3, 0.4) is 0 Å². The fraction of sp³-hybridized carbons (Fsp3) is 0.250. The van der Waals surface area contributed by atoms with Crippen molar-refractivity contribution in [1.82, 2.24) is 0 Å². The fourth-order valence-corrected chi connectivity index (χ4v) is 3.50. The zero-order valence-corrected chi connectivity index (χ0v) is 13.6. The van der Waals surface area contributed by atoms with Gasteiger partial charge < -0.3 is 4.74 Å². The number of alkyl halides is 1. The molecule has 0 saturated heterocycles. The Morgan fingerprint density at radius 1 is 1.16 bits per heavy atom. The van der Waals surface area contributed by atoms with E-state index in [0.717, 1.165) is 29.7 Å². The van der Waals surface area contributed by atoms with E-state index >= 15 is 0 Å². The lowest BCUT2D eigenvalue weighted by molar-refractivity contribution is 0.357. The van der Waals surface area contributed by atoms with E-state index in [9.17, 15) is 0 Å². The molecule has 2 aromatic carbocycles. The maximum absolute atomic E-state index is 5.55. The Labute approximate surface area is 130 Å². The lowest BCUT2D eigenvalue weighted by atomic mass is 10.0. The molecule has 1 aliphatic rings. The average molecular weight is 382 g/mol. The smallest absolute Gasteiger partial charge is 0.122 e. The molecule has 98 valence electrons. The van der Waals surface area contributed by atoms with Crippen LogP contribution in [0.2, 0.25) is 0 Å². The first-order valence-corrected chi connectivity index (χ1v) is 8.07. The molecule has 3 rings (SSSR count). The second kappa shape index (κ2) is 5.68. The van der Waals surface area contributed by atoms with E-state index in [2.05, 4.69) is 74.3 Å². The Bertz CT molecular complexity index is 595. The standard InChI is InChI=1S/C16H14Br2O/c17-14-3-1-2-11(8-14)9-15(18)12-4-5-16-13(10-12)6-7-19-16/h1-5,8,10,15H,6-7,9H2. The molecular formula is C16H14Br2O. The lowest BCUT2D eigenvalue weighted by Crippen LogP contribution is -1.96. The van der Waals surface area contributed by atoms with Gasteiger partial charge >= 0.3 is 0 Å². The molecular weight excluding hydrogens is 368 g/mol. The van der Waals surface area contributed by atoms with Gasteiger partial charge in [-0.15, -0.1) is 0 Å². The third-order valence-corrected chi connectivity index (χ3v) is 4.72. The van der Waals surface area contributed by atoms with Crippen molar-refractivity contribution in [2.75, 3.05) is 6.61 Å². The molecule has 0 N–H and O–H groups in total. The Hall–Kier alpha value is -0.800. The molecule has 19 heavy (non-hydrogen) atoms. The number of ether oxygens (including phenoxy) is 1. The van der Waals surface area contributed by atoms with E-state index in [0.29, 0.717) is 4.83 Å². The van der Waals surface area contributed by atoms with E-state index < -0.39 is 0 Å². The van der Waals surface area contributed by atoms with Crippen molar-refractivity contribution in [3.63, 3.8) is 0 Å². The van der Waals surface area contributed by atoms with Gasteiger partial charge in [0.25, 0.3) is 0 Å². The topological polar surface area (TPSA) is 9.23 Å². The number of hydrogen-bond acceptors (Lipinski definition) is 1. The Morgan fingerprint density at radius 3 is 2.89 bits per heavy atom. The highest BCUT2D eigenvalue weighted by Gasteiger charge is 2.15. The first kappa shape index (κ1) is 13.2. The first-order chi connectivity index (χ1) is 9.22. The van der Waals surface area contributed by atoms with E-state index in [-0.39, 0.29) is 0 Å². The molecule has 1 unspecified atom stereocenters. The predicted molar refractivity (Wildman–Crippen MR) is 85.2 cm³/mol. The molecule has 1 heterocycles. The van der Waals surface area contributed by atoms with Crippen molar-refractivity contribution < 1.29 is 4.74 Å². The maximum Gasteiger partial charge on any atom is 0.122 e. The third-order valence-electron chi connectivity index (χ3n) is 3.38. The van der Waals surface area contributed by atoms with Crippen LogP contribution in [0.15, 0.2) is 46.9 Å². The summed E-state index contributed by atoms with van der Waals surface area (Å²) in [4.78, 5) is 0.340. The minimum Gasteiger partial charge on any atom is -0.493 e. The summed E-state index contributed by atoms with van der Waals surface area (Å²) in [6.07, 6.45) is 2.01. The van der Waals surface area contributed by atoms with Crippen molar-refractivity contribution in [3.05, 3.63) is 63.6 Å².